The fourth-order valence-corrected chi connectivity index (χ4v) is 5.77. The van der Waals surface area contributed by atoms with Gasteiger partial charge in [0, 0.05) is 0 Å². The van der Waals surface area contributed by atoms with E-state index in [1.54, 1.807) is 0 Å². The number of hydrogen-bond donors (Lipinski definition) is 0. The summed E-state index contributed by atoms with van der Waals surface area (Å²) >= 11 is 2.33. The summed E-state index contributed by atoms with van der Waals surface area (Å²) in [5.74, 6) is 0. The Labute approximate surface area is 143 Å². The van der Waals surface area contributed by atoms with Gasteiger partial charge in [0.2, 0.25) is 0 Å². The van der Waals surface area contributed by atoms with Crippen LogP contribution in [0.2, 0.25) is 20.1 Å². The molecular weight excluding hydrogens is 416 g/mol. The summed E-state index contributed by atoms with van der Waals surface area (Å²) < 4.78 is 1.43. The Bertz CT molecular complexity index is 220. The first-order valence-corrected chi connectivity index (χ1v) is 17.8. The SMILES string of the molecule is CCCCCCCCCCCCCCC[CH2][Ag]([CH3])([CH3])([CH3])[Br]. The van der Waals surface area contributed by atoms with Crippen LogP contribution in [0.3, 0.4) is 0 Å². The maximum atomic E-state index is 3.97. The summed E-state index contributed by atoms with van der Waals surface area (Å²) in [4.78, 5) is 0. The Kier molecular flexibility index (Phi) is 13.4. The minimum atomic E-state index is -1.64. The van der Waals surface area contributed by atoms with Gasteiger partial charge in [-0.05, 0) is 0 Å². The molecule has 0 rings (SSSR count). The molecule has 0 aliphatic rings. The second kappa shape index (κ2) is 12.6. The molecule has 0 N–H and O–H groups in total. The molecule has 21 heavy (non-hydrogen) atoms. The van der Waals surface area contributed by atoms with Crippen LogP contribution in [0.1, 0.15) is 96.8 Å². The van der Waals surface area contributed by atoms with Crippen LogP contribution in [0.5, 0.6) is 0 Å². The predicted molar refractivity (Wildman–Crippen MR) is 102 cm³/mol. The van der Waals surface area contributed by atoms with Crippen molar-refractivity contribution in [3.8, 4) is 0 Å². The van der Waals surface area contributed by atoms with E-state index in [4.69, 9.17) is 0 Å². The molecule has 2 heteroatoms. The topological polar surface area (TPSA) is 0 Å². The van der Waals surface area contributed by atoms with Gasteiger partial charge in [0.05, 0.1) is 0 Å². The average Bonchev–Trinajstić information content (AvgIpc) is 2.37. The van der Waals surface area contributed by atoms with Crippen molar-refractivity contribution in [2.75, 3.05) is 0 Å². The molecule has 0 aliphatic carbocycles. The zero-order valence-electron chi connectivity index (χ0n) is 15.3. The molecule has 0 radical (unpaired) electrons. The van der Waals surface area contributed by atoms with E-state index in [-0.39, 0.29) is 0 Å². The molecule has 0 nitrogen and oxygen atoms in total. The van der Waals surface area contributed by atoms with Crippen molar-refractivity contribution in [3.63, 3.8) is 0 Å². The second-order valence-corrected chi connectivity index (χ2v) is 28.1. The first-order chi connectivity index (χ1) is 9.81. The third kappa shape index (κ3) is 21.2. The van der Waals surface area contributed by atoms with Crippen LogP contribution in [0.25, 0.3) is 0 Å². The molecule has 0 heterocycles. The van der Waals surface area contributed by atoms with E-state index >= 15 is 0 Å². The molecule has 0 spiro atoms. The third-order valence-electron chi connectivity index (χ3n) is 3.97. The van der Waals surface area contributed by atoms with Crippen molar-refractivity contribution in [1.29, 1.82) is 0 Å². The molecule has 136 valence electrons. The molecule has 0 atom stereocenters. The number of halogens is 1. The van der Waals surface area contributed by atoms with Gasteiger partial charge in [-0.2, -0.15) is 0 Å². The van der Waals surface area contributed by atoms with Crippen LogP contribution >= 0.6 is 13.0 Å². The Morgan fingerprint density at radius 3 is 1.10 bits per heavy atom. The maximum absolute atomic E-state index is 3.97. The minimum absolute atomic E-state index is 1.37. The predicted octanol–water partition coefficient (Wildman–Crippen LogP) is 9.03. The molecular formula is C19H42AgBr. The molecule has 0 unspecified atom stereocenters. The standard InChI is InChI=1S/C16H33.3CH3.Ag.BrH/c1-3-5-7-9-11-13-15-16-14-12-10-8-6-4-2;;;;;/h1,3-16H2,2H3;3*1H3;;1H/q;;;;+1;/p-1. The third-order valence-corrected chi connectivity index (χ3v) is 8.41. The van der Waals surface area contributed by atoms with Crippen molar-refractivity contribution in [3.05, 3.63) is 0 Å². The van der Waals surface area contributed by atoms with Gasteiger partial charge in [0.25, 0.3) is 0 Å². The zero-order valence-corrected chi connectivity index (χ0v) is 18.4. The van der Waals surface area contributed by atoms with Crippen molar-refractivity contribution < 1.29 is 13.7 Å². The Morgan fingerprint density at radius 1 is 0.524 bits per heavy atom. The van der Waals surface area contributed by atoms with Crippen LogP contribution in [-0.2, 0) is 13.7 Å². The molecule has 0 aromatic carbocycles. The van der Waals surface area contributed by atoms with Crippen LogP contribution < -0.4 is 0 Å². The molecule has 0 fully saturated rings. The summed E-state index contributed by atoms with van der Waals surface area (Å²) in [6.45, 7) is 2.29. The molecule has 0 amide bonds. The normalized spacial score (nSPS) is 14.0. The summed E-state index contributed by atoms with van der Waals surface area (Å²) in [5.41, 5.74) is 0. The van der Waals surface area contributed by atoms with Gasteiger partial charge in [0.1, 0.15) is 0 Å². The van der Waals surface area contributed by atoms with Gasteiger partial charge in [0.15, 0.2) is 0 Å². The first-order valence-electron chi connectivity index (χ1n) is 8.94. The van der Waals surface area contributed by atoms with Gasteiger partial charge in [-0.3, -0.25) is 0 Å². The number of unbranched alkanes of at least 4 members (excludes halogenated alkanes) is 13. The summed E-state index contributed by atoms with van der Waals surface area (Å²) in [6, 6.07) is 0. The Morgan fingerprint density at radius 2 is 0.810 bits per heavy atom. The van der Waals surface area contributed by atoms with Gasteiger partial charge in [-0.25, -0.2) is 0 Å². The first kappa shape index (κ1) is 22.2. The summed E-state index contributed by atoms with van der Waals surface area (Å²) in [7, 11) is 0. The van der Waals surface area contributed by atoms with E-state index in [9.17, 15) is 0 Å². The van der Waals surface area contributed by atoms with Crippen molar-refractivity contribution >= 4 is 13.0 Å². The van der Waals surface area contributed by atoms with Crippen LogP contribution in [0, 0.1) is 0 Å². The Hall–Kier alpha value is 1.22. The quantitative estimate of drug-likeness (QED) is 0.170. The van der Waals surface area contributed by atoms with E-state index in [1.165, 1.54) is 94.5 Å². The molecule has 0 aromatic rings. The van der Waals surface area contributed by atoms with Crippen molar-refractivity contribution in [2.24, 2.45) is 0 Å². The zero-order chi connectivity index (χ0) is 16.1. The molecule has 0 aliphatic heterocycles. The fourth-order valence-electron chi connectivity index (χ4n) is 2.63. The molecule has 0 saturated heterocycles. The fraction of sp³-hybridized carbons (Fsp3) is 1.00. The van der Waals surface area contributed by atoms with Gasteiger partial charge in [-0.1, -0.05) is 26.2 Å². The monoisotopic (exact) mass is 456 g/mol. The van der Waals surface area contributed by atoms with Crippen LogP contribution in [0.4, 0.5) is 0 Å². The number of rotatable bonds is 15. The van der Waals surface area contributed by atoms with Gasteiger partial charge >= 0.3 is 117 Å². The van der Waals surface area contributed by atoms with Crippen molar-refractivity contribution in [1.82, 2.24) is 0 Å². The second-order valence-electron chi connectivity index (χ2n) is 7.21. The molecule has 0 aromatic heterocycles. The van der Waals surface area contributed by atoms with Crippen LogP contribution in [-0.4, -0.2) is 0 Å². The van der Waals surface area contributed by atoms with E-state index in [2.05, 4.69) is 35.4 Å². The average molecular weight is 458 g/mol. The van der Waals surface area contributed by atoms with E-state index in [0.717, 1.165) is 0 Å². The molecule has 0 saturated carbocycles. The molecule has 0 bridgehead atoms. The summed E-state index contributed by atoms with van der Waals surface area (Å²) in [5, 5.41) is 7.34. The van der Waals surface area contributed by atoms with Gasteiger partial charge < -0.3 is 0 Å². The van der Waals surface area contributed by atoms with Crippen LogP contribution in [0.15, 0.2) is 0 Å². The Balaban J connectivity index is 3.10. The van der Waals surface area contributed by atoms with Crippen molar-refractivity contribution in [2.45, 2.75) is 117 Å². The van der Waals surface area contributed by atoms with E-state index in [0.29, 0.717) is 0 Å². The van der Waals surface area contributed by atoms with Gasteiger partial charge in [-0.15, -0.1) is 0 Å². The summed E-state index contributed by atoms with van der Waals surface area (Å²) in [6.07, 6.45) is 20.4. The van der Waals surface area contributed by atoms with E-state index in [1.807, 2.05) is 0 Å². The number of hydrogen-bond acceptors (Lipinski definition) is 0. The van der Waals surface area contributed by atoms with E-state index < -0.39 is 13.7 Å².